The van der Waals surface area contributed by atoms with Crippen LogP contribution < -0.4 is 0 Å². The largest absolute Gasteiger partial charge is 0.335 e. The van der Waals surface area contributed by atoms with E-state index in [1.54, 1.807) is 18.3 Å². The SMILES string of the molecule is C=C/C=C\C(=C)C(=C)c1ccc(C(=O)N2CC(N3CCN(C(=O)c4nccs4)CC3)C2)cc1C=C. The van der Waals surface area contributed by atoms with Crippen LogP contribution in [0.4, 0.5) is 0 Å². The highest BCUT2D eigenvalue weighted by molar-refractivity contribution is 7.11. The summed E-state index contributed by atoms with van der Waals surface area (Å²) in [5, 5.41) is 2.37. The van der Waals surface area contributed by atoms with Gasteiger partial charge in [-0.2, -0.15) is 0 Å². The van der Waals surface area contributed by atoms with Gasteiger partial charge in [0.25, 0.3) is 11.8 Å². The van der Waals surface area contributed by atoms with Crippen molar-refractivity contribution in [1.29, 1.82) is 0 Å². The molecule has 2 aliphatic rings. The molecule has 1 aromatic carbocycles. The Hall–Kier alpha value is -3.55. The summed E-state index contributed by atoms with van der Waals surface area (Å²) in [6.07, 6.45) is 8.77. The maximum atomic E-state index is 13.1. The lowest BCUT2D eigenvalue weighted by Gasteiger charge is -2.48. The first-order valence-corrected chi connectivity index (χ1v) is 12.5. The zero-order chi connectivity index (χ0) is 24.9. The molecule has 2 aliphatic heterocycles. The Labute approximate surface area is 210 Å². The molecule has 7 heteroatoms. The van der Waals surface area contributed by atoms with Crippen molar-refractivity contribution in [3.63, 3.8) is 0 Å². The average molecular weight is 487 g/mol. The number of carbonyl (C=O) groups is 2. The summed E-state index contributed by atoms with van der Waals surface area (Å²) < 4.78 is 0. The Morgan fingerprint density at radius 2 is 1.77 bits per heavy atom. The van der Waals surface area contributed by atoms with E-state index in [0.29, 0.717) is 42.8 Å². The Morgan fingerprint density at radius 3 is 2.40 bits per heavy atom. The van der Waals surface area contributed by atoms with Crippen molar-refractivity contribution in [2.24, 2.45) is 0 Å². The number of piperazine rings is 1. The number of likely N-dealkylation sites (tertiary alicyclic amines) is 1. The molecule has 0 radical (unpaired) electrons. The van der Waals surface area contributed by atoms with Crippen LogP contribution in [0.15, 0.2) is 79.9 Å². The van der Waals surface area contributed by atoms with Crippen molar-refractivity contribution in [1.82, 2.24) is 19.7 Å². The molecule has 1 aromatic heterocycles. The summed E-state index contributed by atoms with van der Waals surface area (Å²) in [5.41, 5.74) is 3.97. The van der Waals surface area contributed by atoms with Gasteiger partial charge in [-0.1, -0.05) is 56.7 Å². The van der Waals surface area contributed by atoms with E-state index >= 15 is 0 Å². The molecule has 2 saturated heterocycles. The number of benzene rings is 1. The Bertz CT molecular complexity index is 1180. The number of hydrogen-bond acceptors (Lipinski definition) is 5. The maximum Gasteiger partial charge on any atom is 0.282 e. The second kappa shape index (κ2) is 10.8. The third-order valence-electron chi connectivity index (χ3n) is 6.55. The van der Waals surface area contributed by atoms with Crippen molar-refractivity contribution < 1.29 is 9.59 Å². The van der Waals surface area contributed by atoms with E-state index in [0.717, 1.165) is 35.4 Å². The van der Waals surface area contributed by atoms with E-state index in [2.05, 4.69) is 36.2 Å². The molecule has 2 aromatic rings. The standard InChI is InChI=1S/C28H30N4O2S/c1-5-7-8-20(3)21(4)25-10-9-23(17-22(25)6-2)27(33)32-18-24(19-32)30-12-14-31(15-13-30)28(34)26-29-11-16-35-26/h5-11,16-17,24H,1-4,12-15,18-19H2/b8-7-. The van der Waals surface area contributed by atoms with Gasteiger partial charge in [0.05, 0.1) is 0 Å². The van der Waals surface area contributed by atoms with Crippen LogP contribution in [0.3, 0.4) is 0 Å². The van der Waals surface area contributed by atoms with Gasteiger partial charge in [0.2, 0.25) is 0 Å². The van der Waals surface area contributed by atoms with E-state index in [-0.39, 0.29) is 11.8 Å². The van der Waals surface area contributed by atoms with Crippen molar-refractivity contribution >= 4 is 34.8 Å². The molecule has 6 nitrogen and oxygen atoms in total. The van der Waals surface area contributed by atoms with Gasteiger partial charge in [-0.15, -0.1) is 11.3 Å². The molecule has 0 N–H and O–H groups in total. The second-order valence-electron chi connectivity index (χ2n) is 8.63. The van der Waals surface area contributed by atoms with Crippen molar-refractivity contribution in [3.8, 4) is 0 Å². The molecule has 0 saturated carbocycles. The van der Waals surface area contributed by atoms with Gasteiger partial charge in [-0.3, -0.25) is 14.5 Å². The van der Waals surface area contributed by atoms with Crippen molar-refractivity contribution in [2.45, 2.75) is 6.04 Å². The molecule has 0 atom stereocenters. The quantitative estimate of drug-likeness (QED) is 0.520. The first-order chi connectivity index (χ1) is 16.9. The normalized spacial score (nSPS) is 16.7. The monoisotopic (exact) mass is 486 g/mol. The Morgan fingerprint density at radius 1 is 1.03 bits per heavy atom. The van der Waals surface area contributed by atoms with Crippen LogP contribution in [0.1, 0.15) is 31.3 Å². The van der Waals surface area contributed by atoms with Crippen molar-refractivity contribution in [2.75, 3.05) is 39.3 Å². The smallest absolute Gasteiger partial charge is 0.282 e. The lowest BCUT2D eigenvalue weighted by Crippen LogP contribution is -2.64. The number of amides is 2. The molecular weight excluding hydrogens is 456 g/mol. The zero-order valence-corrected chi connectivity index (χ0v) is 20.7. The average Bonchev–Trinajstić information content (AvgIpc) is 3.40. The van der Waals surface area contributed by atoms with Gasteiger partial charge in [-0.05, 0) is 34.4 Å². The number of thiazole rings is 1. The summed E-state index contributed by atoms with van der Waals surface area (Å²) in [7, 11) is 0. The Kier molecular flexibility index (Phi) is 7.58. The highest BCUT2D eigenvalue weighted by atomic mass is 32.1. The summed E-state index contributed by atoms with van der Waals surface area (Å²) in [6, 6.07) is 5.96. The molecule has 0 bridgehead atoms. The summed E-state index contributed by atoms with van der Waals surface area (Å²) >= 11 is 1.38. The topological polar surface area (TPSA) is 56.8 Å². The van der Waals surface area contributed by atoms with Crippen LogP contribution in [0.25, 0.3) is 11.6 Å². The molecule has 4 rings (SSSR count). The molecule has 0 unspecified atom stereocenters. The lowest BCUT2D eigenvalue weighted by atomic mass is 9.93. The molecule has 0 aliphatic carbocycles. The van der Waals surface area contributed by atoms with Crippen molar-refractivity contribution in [3.05, 3.63) is 102 Å². The summed E-state index contributed by atoms with van der Waals surface area (Å²) in [6.45, 7) is 20.2. The van der Waals surface area contributed by atoms with Gasteiger partial charge in [0.1, 0.15) is 0 Å². The highest BCUT2D eigenvalue weighted by Crippen LogP contribution is 2.28. The Balaban J connectivity index is 1.32. The van der Waals surface area contributed by atoms with Gasteiger partial charge < -0.3 is 9.80 Å². The van der Waals surface area contributed by atoms with Gasteiger partial charge >= 0.3 is 0 Å². The van der Waals surface area contributed by atoms with Gasteiger partial charge in [-0.25, -0.2) is 4.98 Å². The van der Waals surface area contributed by atoms with E-state index in [1.807, 2.05) is 45.5 Å². The van der Waals surface area contributed by atoms with E-state index in [9.17, 15) is 9.59 Å². The number of aromatic nitrogens is 1. The predicted octanol–water partition coefficient (Wildman–Crippen LogP) is 4.38. The van der Waals surface area contributed by atoms with Crippen LogP contribution in [-0.2, 0) is 0 Å². The third-order valence-corrected chi connectivity index (χ3v) is 7.31. The predicted molar refractivity (Wildman–Crippen MR) is 143 cm³/mol. The molecule has 180 valence electrons. The number of nitrogens with zero attached hydrogens (tertiary/aromatic N) is 4. The fourth-order valence-electron chi connectivity index (χ4n) is 4.39. The van der Waals surface area contributed by atoms with Crippen LogP contribution in [0.2, 0.25) is 0 Å². The molecule has 2 fully saturated rings. The van der Waals surface area contributed by atoms with E-state index in [1.165, 1.54) is 11.3 Å². The number of hydrogen-bond donors (Lipinski definition) is 0. The van der Waals surface area contributed by atoms with Crippen LogP contribution in [0.5, 0.6) is 0 Å². The van der Waals surface area contributed by atoms with Gasteiger partial charge in [0, 0.05) is 62.5 Å². The fourth-order valence-corrected chi connectivity index (χ4v) is 4.99. The third kappa shape index (κ3) is 5.26. The summed E-state index contributed by atoms with van der Waals surface area (Å²) in [5.74, 6) is 0.0268. The minimum absolute atomic E-state index is 0.00881. The second-order valence-corrected chi connectivity index (χ2v) is 9.53. The van der Waals surface area contributed by atoms with Crippen LogP contribution >= 0.6 is 11.3 Å². The fraction of sp³-hybridized carbons (Fsp3) is 0.250. The molecule has 0 spiro atoms. The first-order valence-electron chi connectivity index (χ1n) is 11.6. The molecular formula is C28H30N4O2S. The van der Waals surface area contributed by atoms with Crippen LogP contribution in [0, 0.1) is 0 Å². The van der Waals surface area contributed by atoms with E-state index in [4.69, 9.17) is 0 Å². The zero-order valence-electron chi connectivity index (χ0n) is 19.9. The minimum atomic E-state index is 0.00881. The molecule has 2 amide bonds. The number of rotatable bonds is 8. The molecule has 3 heterocycles. The van der Waals surface area contributed by atoms with Gasteiger partial charge in [0.15, 0.2) is 5.01 Å². The van der Waals surface area contributed by atoms with E-state index < -0.39 is 0 Å². The number of carbonyl (C=O) groups excluding carboxylic acids is 2. The first kappa shape index (κ1) is 24.6. The molecule has 35 heavy (non-hydrogen) atoms. The maximum absolute atomic E-state index is 13.1. The number of allylic oxidation sites excluding steroid dienone is 5. The highest BCUT2D eigenvalue weighted by Gasteiger charge is 2.37. The van der Waals surface area contributed by atoms with Crippen LogP contribution in [-0.4, -0.2) is 76.8 Å². The minimum Gasteiger partial charge on any atom is -0.335 e. The summed E-state index contributed by atoms with van der Waals surface area (Å²) in [4.78, 5) is 35.8. The lowest BCUT2D eigenvalue weighted by molar-refractivity contribution is 0.00853.